The summed E-state index contributed by atoms with van der Waals surface area (Å²) in [4.78, 5) is 21.1. The van der Waals surface area contributed by atoms with Gasteiger partial charge in [0.25, 0.3) is 0 Å². The van der Waals surface area contributed by atoms with Crippen LogP contribution < -0.4 is 20.4 Å². The van der Waals surface area contributed by atoms with Crippen LogP contribution in [-0.4, -0.2) is 42.3 Å². The number of nitrogens with zero attached hydrogens (tertiary/aromatic N) is 3. The van der Waals surface area contributed by atoms with E-state index in [4.69, 9.17) is 28.6 Å². The van der Waals surface area contributed by atoms with Gasteiger partial charge < -0.3 is 25.2 Å². The number of aromatic nitrogens is 1. The van der Waals surface area contributed by atoms with Crippen molar-refractivity contribution in [2.75, 3.05) is 35.9 Å². The average molecular weight is 562 g/mol. The third-order valence-corrected chi connectivity index (χ3v) is 8.09. The Morgan fingerprint density at radius 2 is 2.00 bits per heavy atom. The Morgan fingerprint density at radius 3 is 2.69 bits per heavy atom. The smallest absolute Gasteiger partial charge is 0.250 e. The molecule has 9 heteroatoms. The first-order chi connectivity index (χ1) is 18.6. The number of allylic oxidation sites excluding steroid dienone is 1. The maximum Gasteiger partial charge on any atom is 0.250 e. The van der Waals surface area contributed by atoms with E-state index in [9.17, 15) is 4.79 Å². The number of carbonyl (C=O) groups excluding carboxylic acids is 1. The minimum absolute atomic E-state index is 0.0510. The summed E-state index contributed by atoms with van der Waals surface area (Å²) in [6, 6.07) is 17.7. The van der Waals surface area contributed by atoms with E-state index in [1.165, 1.54) is 23.9 Å². The fourth-order valence-electron chi connectivity index (χ4n) is 5.41. The number of likely N-dealkylation sites (N-methyl/N-ethyl adjacent to an activating group) is 1. The van der Waals surface area contributed by atoms with Crippen molar-refractivity contribution >= 4 is 57.5 Å². The molecule has 5 rings (SSSR count). The molecule has 3 heterocycles. The molecule has 39 heavy (non-hydrogen) atoms. The van der Waals surface area contributed by atoms with Gasteiger partial charge in [-0.25, -0.2) is 0 Å². The lowest BCUT2D eigenvalue weighted by molar-refractivity contribution is -0.119. The van der Waals surface area contributed by atoms with Gasteiger partial charge in [0, 0.05) is 37.3 Å². The van der Waals surface area contributed by atoms with Crippen molar-refractivity contribution in [3.63, 3.8) is 0 Å². The molecule has 0 saturated carbocycles. The second-order valence-corrected chi connectivity index (χ2v) is 11.3. The van der Waals surface area contributed by atoms with Gasteiger partial charge in [0.1, 0.15) is 6.61 Å². The van der Waals surface area contributed by atoms with Crippen LogP contribution in [0.3, 0.4) is 0 Å². The summed E-state index contributed by atoms with van der Waals surface area (Å²) in [7, 11) is 3.60. The fourth-order valence-corrected chi connectivity index (χ4v) is 5.97. The van der Waals surface area contributed by atoms with E-state index in [1.54, 1.807) is 12.3 Å². The first kappa shape index (κ1) is 27.1. The zero-order valence-electron chi connectivity index (χ0n) is 22.7. The van der Waals surface area contributed by atoms with Crippen molar-refractivity contribution in [2.45, 2.75) is 38.4 Å². The monoisotopic (exact) mass is 561 g/mol. The van der Waals surface area contributed by atoms with Gasteiger partial charge in [-0.2, -0.15) is 0 Å². The predicted molar refractivity (Wildman–Crippen MR) is 162 cm³/mol. The van der Waals surface area contributed by atoms with E-state index in [0.29, 0.717) is 15.8 Å². The molecular weight excluding hydrogens is 530 g/mol. The number of hydrogen-bond acceptors (Lipinski definition) is 5. The van der Waals surface area contributed by atoms with Gasteiger partial charge in [0.05, 0.1) is 34.0 Å². The molecule has 0 spiro atoms. The summed E-state index contributed by atoms with van der Waals surface area (Å²) >= 11 is 12.5. The number of hydrogen-bond donors (Lipinski definition) is 2. The molecule has 0 bridgehead atoms. The lowest BCUT2D eigenvalue weighted by atomic mass is 9.86. The van der Waals surface area contributed by atoms with E-state index >= 15 is 0 Å². The summed E-state index contributed by atoms with van der Waals surface area (Å²) in [5, 5.41) is 7.27. The van der Waals surface area contributed by atoms with Crippen LogP contribution in [0.4, 0.5) is 17.1 Å². The number of thiocarbonyl (C=S) groups is 1. The van der Waals surface area contributed by atoms with Crippen molar-refractivity contribution in [3.05, 3.63) is 88.7 Å². The number of nitrogens with one attached hydrogen (secondary N) is 2. The van der Waals surface area contributed by atoms with Gasteiger partial charge in [-0.1, -0.05) is 29.8 Å². The number of amides is 1. The number of carbonyl (C=O) groups is 1. The van der Waals surface area contributed by atoms with Crippen molar-refractivity contribution in [2.24, 2.45) is 0 Å². The van der Waals surface area contributed by atoms with Gasteiger partial charge in [-0.15, -0.1) is 0 Å². The zero-order valence-corrected chi connectivity index (χ0v) is 24.2. The molecular formula is C30H32ClN5O2S. The first-order valence-electron chi connectivity index (χ1n) is 12.8. The molecule has 2 aliphatic heterocycles. The Bertz CT molecular complexity index is 1460. The van der Waals surface area contributed by atoms with Crippen LogP contribution in [0.5, 0.6) is 0 Å². The van der Waals surface area contributed by atoms with E-state index in [1.807, 2.05) is 30.3 Å². The van der Waals surface area contributed by atoms with E-state index in [0.717, 1.165) is 16.9 Å². The summed E-state index contributed by atoms with van der Waals surface area (Å²) in [5.41, 5.74) is 6.88. The van der Waals surface area contributed by atoms with E-state index in [-0.39, 0.29) is 30.1 Å². The molecule has 0 unspecified atom stereocenters. The lowest BCUT2D eigenvalue weighted by Crippen LogP contribution is -2.42. The van der Waals surface area contributed by atoms with Gasteiger partial charge in [-0.05, 0) is 86.6 Å². The minimum atomic E-state index is -0.274. The minimum Gasteiger partial charge on any atom is -0.375 e. The number of methoxy groups -OCH3 is 1. The molecule has 0 radical (unpaired) electrons. The van der Waals surface area contributed by atoms with Crippen molar-refractivity contribution in [1.82, 2.24) is 10.3 Å². The molecule has 3 aromatic rings. The summed E-state index contributed by atoms with van der Waals surface area (Å²) in [5.74, 6) is -0.274. The zero-order chi connectivity index (χ0) is 27.9. The summed E-state index contributed by atoms with van der Waals surface area (Å²) in [6.07, 6.45) is 4.10. The van der Waals surface area contributed by atoms with E-state index in [2.05, 4.69) is 77.5 Å². The standard InChI is InChI=1S/C30H32ClN5O2S/c1-18-16-30(2,3)35(4)25-12-9-19(14-21(18)25)28-27(24-8-6-7-13-32-24)34-29(39)36(28)20-10-11-23(22(31)15-20)33-26(37)17-38-5/h6-16,27-28H,17H2,1-5H3,(H,33,37)(H,34,39)/t27-,28-/m1/s1. The molecule has 2 atom stereocenters. The second kappa shape index (κ2) is 10.6. The van der Waals surface area contributed by atoms with Crippen LogP contribution in [0.2, 0.25) is 5.02 Å². The Labute approximate surface area is 239 Å². The molecule has 1 aromatic heterocycles. The van der Waals surface area contributed by atoms with Crippen LogP contribution in [0, 0.1) is 0 Å². The highest BCUT2D eigenvalue weighted by atomic mass is 35.5. The topological polar surface area (TPSA) is 69.7 Å². The Hall–Kier alpha value is -3.46. The third-order valence-electron chi connectivity index (χ3n) is 7.46. The van der Waals surface area contributed by atoms with Crippen LogP contribution in [0.15, 0.2) is 66.9 Å². The second-order valence-electron chi connectivity index (χ2n) is 10.5. The highest BCUT2D eigenvalue weighted by Gasteiger charge is 2.41. The number of pyridine rings is 1. The van der Waals surface area contributed by atoms with Gasteiger partial charge in [0.15, 0.2) is 5.11 Å². The molecule has 2 N–H and O–H groups in total. The number of rotatable bonds is 6. The maximum absolute atomic E-state index is 12.1. The maximum atomic E-state index is 12.1. The quantitative estimate of drug-likeness (QED) is 0.351. The third kappa shape index (κ3) is 5.12. The highest BCUT2D eigenvalue weighted by molar-refractivity contribution is 7.80. The normalized spacial score (nSPS) is 19.8. The molecule has 202 valence electrons. The SMILES string of the molecule is COCC(=O)Nc1ccc(N2C(=S)N[C@H](c3ccccn3)[C@H]2c2ccc3c(c2)C(C)=CC(C)(C)N3C)cc1Cl. The largest absolute Gasteiger partial charge is 0.375 e. The number of benzene rings is 2. The first-order valence-corrected chi connectivity index (χ1v) is 13.6. The predicted octanol–water partition coefficient (Wildman–Crippen LogP) is 6.13. The van der Waals surface area contributed by atoms with Gasteiger partial charge >= 0.3 is 0 Å². The van der Waals surface area contributed by atoms with Gasteiger partial charge in [-0.3, -0.25) is 9.78 Å². The van der Waals surface area contributed by atoms with Gasteiger partial charge in [0.2, 0.25) is 5.91 Å². The average Bonchev–Trinajstić information content (AvgIpc) is 3.25. The molecule has 1 saturated heterocycles. The molecule has 7 nitrogen and oxygen atoms in total. The molecule has 1 amide bonds. The van der Waals surface area contributed by atoms with Crippen LogP contribution in [0.25, 0.3) is 5.57 Å². The summed E-state index contributed by atoms with van der Waals surface area (Å²) in [6.45, 7) is 6.55. The molecule has 2 aliphatic rings. The molecule has 1 fully saturated rings. The highest BCUT2D eigenvalue weighted by Crippen LogP contribution is 2.45. The number of halogens is 1. The van der Waals surface area contributed by atoms with Crippen LogP contribution in [0.1, 0.15) is 49.7 Å². The van der Waals surface area contributed by atoms with Crippen molar-refractivity contribution < 1.29 is 9.53 Å². The molecule has 0 aliphatic carbocycles. The van der Waals surface area contributed by atoms with Crippen molar-refractivity contribution in [3.8, 4) is 0 Å². The van der Waals surface area contributed by atoms with Crippen molar-refractivity contribution in [1.29, 1.82) is 0 Å². The Balaban J connectivity index is 1.59. The Morgan fingerprint density at radius 1 is 1.21 bits per heavy atom. The Kier molecular flexibility index (Phi) is 7.37. The van der Waals surface area contributed by atoms with Crippen LogP contribution >= 0.6 is 23.8 Å². The number of ether oxygens (including phenoxy) is 1. The van der Waals surface area contributed by atoms with Crippen LogP contribution in [-0.2, 0) is 9.53 Å². The summed E-state index contributed by atoms with van der Waals surface area (Å²) < 4.78 is 4.92. The number of anilines is 3. The number of fused-ring (bicyclic) bond motifs is 1. The fraction of sp³-hybridized carbons (Fsp3) is 0.300. The van der Waals surface area contributed by atoms with E-state index < -0.39 is 0 Å². The lowest BCUT2D eigenvalue weighted by Gasteiger charge is -2.41. The molecule has 2 aromatic carbocycles.